The molecule has 0 aromatic rings. The fourth-order valence-electron chi connectivity index (χ4n) is 2.86. The number of nitrogens with one attached hydrogen (secondary N) is 1. The molecule has 0 spiro atoms. The van der Waals surface area contributed by atoms with Crippen LogP contribution in [0.15, 0.2) is 0 Å². The van der Waals surface area contributed by atoms with Crippen LogP contribution in [0.25, 0.3) is 0 Å². The van der Waals surface area contributed by atoms with Crippen molar-refractivity contribution in [2.45, 2.75) is 71.8 Å². The van der Waals surface area contributed by atoms with Crippen LogP contribution in [-0.4, -0.2) is 12.6 Å². The van der Waals surface area contributed by atoms with Gasteiger partial charge in [0.05, 0.1) is 0 Å². The van der Waals surface area contributed by atoms with Crippen LogP contribution in [0.5, 0.6) is 0 Å². The second kappa shape index (κ2) is 7.27. The molecular weight excluding hydrogens is 182 g/mol. The van der Waals surface area contributed by atoms with Gasteiger partial charge in [0.25, 0.3) is 0 Å². The van der Waals surface area contributed by atoms with Gasteiger partial charge >= 0.3 is 0 Å². The van der Waals surface area contributed by atoms with Gasteiger partial charge in [-0.2, -0.15) is 0 Å². The Morgan fingerprint density at radius 3 is 2.20 bits per heavy atom. The Bertz CT molecular complexity index is 147. The van der Waals surface area contributed by atoms with E-state index in [4.69, 9.17) is 0 Å². The molecule has 0 radical (unpaired) electrons. The molecule has 0 aliphatic heterocycles. The molecule has 1 fully saturated rings. The Morgan fingerprint density at radius 1 is 1.07 bits per heavy atom. The molecule has 1 heteroatoms. The van der Waals surface area contributed by atoms with Crippen molar-refractivity contribution in [1.29, 1.82) is 0 Å². The van der Waals surface area contributed by atoms with Crippen molar-refractivity contribution in [3.8, 4) is 0 Å². The zero-order valence-electron chi connectivity index (χ0n) is 10.9. The van der Waals surface area contributed by atoms with Gasteiger partial charge in [-0.05, 0) is 38.1 Å². The summed E-state index contributed by atoms with van der Waals surface area (Å²) in [5.74, 6) is 2.08. The summed E-state index contributed by atoms with van der Waals surface area (Å²) in [4.78, 5) is 0. The predicted octanol–water partition coefficient (Wildman–Crippen LogP) is 3.98. The molecule has 1 unspecified atom stereocenters. The molecule has 90 valence electrons. The first kappa shape index (κ1) is 13.0. The molecule has 1 atom stereocenters. The third kappa shape index (κ3) is 5.01. The number of hydrogen-bond donors (Lipinski definition) is 1. The lowest BCUT2D eigenvalue weighted by molar-refractivity contribution is 0.249. The first-order chi connectivity index (χ1) is 7.26. The minimum atomic E-state index is 0.721. The van der Waals surface area contributed by atoms with E-state index >= 15 is 0 Å². The van der Waals surface area contributed by atoms with Gasteiger partial charge < -0.3 is 5.32 Å². The Hall–Kier alpha value is -0.0400. The molecule has 1 nitrogen and oxygen atoms in total. The fraction of sp³-hybridized carbons (Fsp3) is 1.00. The van der Waals surface area contributed by atoms with Crippen LogP contribution in [-0.2, 0) is 0 Å². The van der Waals surface area contributed by atoms with Crippen LogP contribution in [0, 0.1) is 11.8 Å². The van der Waals surface area contributed by atoms with Gasteiger partial charge in [-0.1, -0.05) is 46.0 Å². The van der Waals surface area contributed by atoms with Crippen molar-refractivity contribution in [3.63, 3.8) is 0 Å². The van der Waals surface area contributed by atoms with Gasteiger partial charge in [-0.15, -0.1) is 0 Å². The summed E-state index contributed by atoms with van der Waals surface area (Å²) in [6, 6.07) is 0.721. The summed E-state index contributed by atoms with van der Waals surface area (Å²) in [6.45, 7) is 7.98. The number of rotatable bonds is 6. The van der Waals surface area contributed by atoms with Crippen molar-refractivity contribution < 1.29 is 0 Å². The zero-order valence-corrected chi connectivity index (χ0v) is 10.9. The SMILES string of the molecule is CCNC(C)CCC1CCC(CC)CC1. The molecule has 0 heterocycles. The summed E-state index contributed by atoms with van der Waals surface area (Å²) < 4.78 is 0. The minimum absolute atomic E-state index is 0.721. The van der Waals surface area contributed by atoms with E-state index in [1.165, 1.54) is 44.9 Å². The van der Waals surface area contributed by atoms with E-state index in [1.54, 1.807) is 0 Å². The van der Waals surface area contributed by atoms with E-state index in [2.05, 4.69) is 26.1 Å². The molecule has 15 heavy (non-hydrogen) atoms. The van der Waals surface area contributed by atoms with Crippen molar-refractivity contribution in [1.82, 2.24) is 5.32 Å². The van der Waals surface area contributed by atoms with Gasteiger partial charge in [-0.3, -0.25) is 0 Å². The summed E-state index contributed by atoms with van der Waals surface area (Å²) >= 11 is 0. The van der Waals surface area contributed by atoms with Crippen LogP contribution in [0.3, 0.4) is 0 Å². The predicted molar refractivity (Wildman–Crippen MR) is 68.1 cm³/mol. The highest BCUT2D eigenvalue weighted by Crippen LogP contribution is 2.33. The van der Waals surface area contributed by atoms with Crippen molar-refractivity contribution >= 4 is 0 Å². The topological polar surface area (TPSA) is 12.0 Å². The fourth-order valence-corrected chi connectivity index (χ4v) is 2.86. The highest BCUT2D eigenvalue weighted by molar-refractivity contribution is 4.73. The summed E-state index contributed by atoms with van der Waals surface area (Å²) in [7, 11) is 0. The Balaban J connectivity index is 2.08. The van der Waals surface area contributed by atoms with Crippen LogP contribution in [0.4, 0.5) is 0 Å². The lowest BCUT2D eigenvalue weighted by Crippen LogP contribution is -2.26. The maximum absolute atomic E-state index is 3.51. The molecule has 0 saturated heterocycles. The zero-order chi connectivity index (χ0) is 11.1. The lowest BCUT2D eigenvalue weighted by atomic mass is 9.79. The first-order valence-electron chi connectivity index (χ1n) is 6.99. The van der Waals surface area contributed by atoms with Gasteiger partial charge in [0.15, 0.2) is 0 Å². The Labute approximate surface area is 96.0 Å². The highest BCUT2D eigenvalue weighted by atomic mass is 14.9. The van der Waals surface area contributed by atoms with Gasteiger partial charge in [-0.25, -0.2) is 0 Å². The van der Waals surface area contributed by atoms with Crippen molar-refractivity contribution in [3.05, 3.63) is 0 Å². The molecule has 1 N–H and O–H groups in total. The summed E-state index contributed by atoms with van der Waals surface area (Å²) in [6.07, 6.45) is 10.2. The van der Waals surface area contributed by atoms with E-state index in [0.717, 1.165) is 24.4 Å². The van der Waals surface area contributed by atoms with E-state index in [-0.39, 0.29) is 0 Å². The largest absolute Gasteiger partial charge is 0.315 e. The second-order valence-electron chi connectivity index (χ2n) is 5.33. The molecule has 1 aliphatic rings. The standard InChI is InChI=1S/C14H29N/c1-4-13-8-10-14(11-9-13)7-6-12(3)15-5-2/h12-15H,4-11H2,1-3H3. The van der Waals surface area contributed by atoms with E-state index in [1.807, 2.05) is 0 Å². The molecule has 0 aromatic heterocycles. The average molecular weight is 211 g/mol. The van der Waals surface area contributed by atoms with Crippen LogP contribution in [0.2, 0.25) is 0 Å². The molecule has 0 aromatic carbocycles. The quantitative estimate of drug-likeness (QED) is 0.700. The normalized spacial score (nSPS) is 29.0. The van der Waals surface area contributed by atoms with E-state index < -0.39 is 0 Å². The smallest absolute Gasteiger partial charge is 0.00387 e. The Morgan fingerprint density at radius 2 is 1.67 bits per heavy atom. The van der Waals surface area contributed by atoms with Crippen molar-refractivity contribution in [2.75, 3.05) is 6.54 Å². The minimum Gasteiger partial charge on any atom is -0.315 e. The first-order valence-corrected chi connectivity index (χ1v) is 6.99. The third-order valence-electron chi connectivity index (χ3n) is 4.10. The van der Waals surface area contributed by atoms with Gasteiger partial charge in [0.2, 0.25) is 0 Å². The van der Waals surface area contributed by atoms with E-state index in [0.29, 0.717) is 0 Å². The van der Waals surface area contributed by atoms with Crippen molar-refractivity contribution in [2.24, 2.45) is 11.8 Å². The molecule has 1 aliphatic carbocycles. The van der Waals surface area contributed by atoms with Crippen LogP contribution < -0.4 is 5.32 Å². The van der Waals surface area contributed by atoms with Crippen LogP contribution >= 0.6 is 0 Å². The van der Waals surface area contributed by atoms with Gasteiger partial charge in [0, 0.05) is 6.04 Å². The molecular formula is C14H29N. The second-order valence-corrected chi connectivity index (χ2v) is 5.33. The average Bonchev–Trinajstić information content (AvgIpc) is 2.27. The summed E-state index contributed by atoms with van der Waals surface area (Å²) in [5.41, 5.74) is 0. The van der Waals surface area contributed by atoms with Crippen LogP contribution in [0.1, 0.15) is 65.7 Å². The molecule has 1 rings (SSSR count). The molecule has 1 saturated carbocycles. The summed E-state index contributed by atoms with van der Waals surface area (Å²) in [5, 5.41) is 3.51. The number of hydrogen-bond acceptors (Lipinski definition) is 1. The maximum atomic E-state index is 3.51. The third-order valence-corrected chi connectivity index (χ3v) is 4.10. The maximum Gasteiger partial charge on any atom is 0.00387 e. The van der Waals surface area contributed by atoms with E-state index in [9.17, 15) is 0 Å². The molecule has 0 amide bonds. The van der Waals surface area contributed by atoms with Gasteiger partial charge in [0.1, 0.15) is 0 Å². The highest BCUT2D eigenvalue weighted by Gasteiger charge is 2.19. The Kier molecular flexibility index (Phi) is 6.31. The lowest BCUT2D eigenvalue weighted by Gasteiger charge is -2.28. The molecule has 0 bridgehead atoms. The monoisotopic (exact) mass is 211 g/mol.